The summed E-state index contributed by atoms with van der Waals surface area (Å²) in [7, 11) is 0. The van der Waals surface area contributed by atoms with E-state index in [1.807, 2.05) is 24.3 Å². The van der Waals surface area contributed by atoms with E-state index in [1.165, 1.54) is 0 Å². The molecule has 140 valence electrons. The summed E-state index contributed by atoms with van der Waals surface area (Å²) in [6.07, 6.45) is 0. The van der Waals surface area contributed by atoms with Gasteiger partial charge >= 0.3 is 6.03 Å². The van der Waals surface area contributed by atoms with Crippen LogP contribution in [0.3, 0.4) is 0 Å². The van der Waals surface area contributed by atoms with Gasteiger partial charge in [-0.15, -0.1) is 0 Å². The fraction of sp³-hybridized carbons (Fsp3) is 0.200. The predicted octanol–water partition coefficient (Wildman–Crippen LogP) is 6.12. The van der Waals surface area contributed by atoms with Gasteiger partial charge in [0, 0.05) is 22.2 Å². The second-order valence-corrected chi connectivity index (χ2v) is 7.96. The largest absolute Gasteiger partial charge is 0.324 e. The van der Waals surface area contributed by atoms with Crippen molar-refractivity contribution < 1.29 is 4.79 Å². The molecule has 0 atom stereocenters. The lowest BCUT2D eigenvalue weighted by Gasteiger charge is -2.14. The molecule has 0 fully saturated rings. The van der Waals surface area contributed by atoms with E-state index >= 15 is 0 Å². The summed E-state index contributed by atoms with van der Waals surface area (Å²) in [6.45, 7) is 6.18. The number of amides is 2. The number of carbonyl (C=O) groups is 1. The molecule has 0 bridgehead atoms. The maximum Gasteiger partial charge on any atom is 0.324 e. The van der Waals surface area contributed by atoms with E-state index < -0.39 is 0 Å². The van der Waals surface area contributed by atoms with Gasteiger partial charge in [-0.2, -0.15) is 5.10 Å². The molecule has 7 heteroatoms. The summed E-state index contributed by atoms with van der Waals surface area (Å²) in [5, 5.41) is 11.4. The fourth-order valence-corrected chi connectivity index (χ4v) is 2.80. The van der Waals surface area contributed by atoms with Crippen molar-refractivity contribution in [2.45, 2.75) is 26.2 Å². The number of urea groups is 1. The quantitative estimate of drug-likeness (QED) is 0.554. The second-order valence-electron chi connectivity index (χ2n) is 7.11. The normalized spacial score (nSPS) is 11.3. The molecule has 0 aliphatic carbocycles. The summed E-state index contributed by atoms with van der Waals surface area (Å²) in [6, 6.07) is 15.7. The fourth-order valence-electron chi connectivity index (χ4n) is 2.46. The van der Waals surface area contributed by atoms with Crippen molar-refractivity contribution in [2.24, 2.45) is 0 Å². The summed E-state index contributed by atoms with van der Waals surface area (Å²) in [5.74, 6) is 0.527. The smallest absolute Gasteiger partial charge is 0.308 e. The van der Waals surface area contributed by atoms with Gasteiger partial charge in [0.2, 0.25) is 0 Å². The Hall–Kier alpha value is -2.50. The molecule has 27 heavy (non-hydrogen) atoms. The Morgan fingerprint density at radius 3 is 2.30 bits per heavy atom. The molecular formula is C20H20Cl2N4O. The monoisotopic (exact) mass is 402 g/mol. The van der Waals surface area contributed by atoms with Crippen LogP contribution in [0, 0.1) is 0 Å². The molecule has 2 aromatic carbocycles. The number of halogens is 2. The Labute approximate surface area is 168 Å². The van der Waals surface area contributed by atoms with E-state index in [0.29, 0.717) is 27.2 Å². The Kier molecular flexibility index (Phi) is 5.44. The van der Waals surface area contributed by atoms with Crippen molar-refractivity contribution in [1.29, 1.82) is 0 Å². The van der Waals surface area contributed by atoms with Crippen LogP contribution in [0.15, 0.2) is 54.6 Å². The van der Waals surface area contributed by atoms with Crippen LogP contribution >= 0.6 is 23.2 Å². The third kappa shape index (κ3) is 4.62. The molecule has 5 nitrogen and oxygen atoms in total. The second kappa shape index (κ2) is 7.62. The Balaban J connectivity index is 1.91. The van der Waals surface area contributed by atoms with E-state index in [-0.39, 0.29) is 11.4 Å². The summed E-state index contributed by atoms with van der Waals surface area (Å²) >= 11 is 12.2. The Morgan fingerprint density at radius 1 is 1.00 bits per heavy atom. The molecule has 2 amide bonds. The van der Waals surface area contributed by atoms with Crippen LogP contribution in [-0.4, -0.2) is 15.8 Å². The van der Waals surface area contributed by atoms with E-state index in [0.717, 1.165) is 5.69 Å². The maximum atomic E-state index is 12.5. The highest BCUT2D eigenvalue weighted by molar-refractivity contribution is 6.32. The molecule has 2 N–H and O–H groups in total. The minimum atomic E-state index is -0.383. The van der Waals surface area contributed by atoms with Crippen LogP contribution in [0.2, 0.25) is 10.0 Å². The number of anilines is 2. The first-order valence-corrected chi connectivity index (χ1v) is 9.18. The van der Waals surface area contributed by atoms with Crippen molar-refractivity contribution in [2.75, 3.05) is 10.6 Å². The number of para-hydroxylation sites is 1. The number of benzene rings is 2. The molecule has 0 radical (unpaired) electrons. The molecule has 0 saturated carbocycles. The van der Waals surface area contributed by atoms with Gasteiger partial charge in [0.25, 0.3) is 0 Å². The average Bonchev–Trinajstić information content (AvgIpc) is 3.01. The zero-order valence-electron chi connectivity index (χ0n) is 15.3. The van der Waals surface area contributed by atoms with Crippen molar-refractivity contribution in [3.8, 4) is 5.69 Å². The van der Waals surface area contributed by atoms with Crippen LogP contribution in [0.25, 0.3) is 5.69 Å². The number of carbonyl (C=O) groups excluding carboxylic acids is 1. The summed E-state index contributed by atoms with van der Waals surface area (Å²) < 4.78 is 1.64. The molecule has 3 rings (SSSR count). The first-order chi connectivity index (χ1) is 12.7. The third-order valence-electron chi connectivity index (χ3n) is 3.90. The molecule has 0 aliphatic heterocycles. The molecule has 0 spiro atoms. The van der Waals surface area contributed by atoms with Crippen LogP contribution in [0.4, 0.5) is 16.3 Å². The average molecular weight is 403 g/mol. The van der Waals surface area contributed by atoms with E-state index in [4.69, 9.17) is 23.2 Å². The van der Waals surface area contributed by atoms with Gasteiger partial charge in [-0.25, -0.2) is 9.48 Å². The molecule has 0 aliphatic rings. The SMILES string of the molecule is CC(C)(C)c1cc(NC(=O)Nc2ccc(Cl)cc2)n(-c2ccccc2Cl)n1. The standard InChI is InChI=1S/C20H20Cl2N4O/c1-20(2,3)17-12-18(26(25-17)16-7-5-4-6-15(16)22)24-19(27)23-14-10-8-13(21)9-11-14/h4-12H,1-3H3,(H2,23,24,27). The minimum absolute atomic E-state index is 0.185. The van der Waals surface area contributed by atoms with Crippen molar-refractivity contribution >= 4 is 40.7 Å². The molecular weight excluding hydrogens is 383 g/mol. The van der Waals surface area contributed by atoms with Crippen LogP contribution < -0.4 is 10.6 Å². The Morgan fingerprint density at radius 2 is 1.67 bits per heavy atom. The van der Waals surface area contributed by atoms with E-state index in [2.05, 4.69) is 36.5 Å². The molecule has 1 heterocycles. The molecule has 0 saturated heterocycles. The summed E-state index contributed by atoms with van der Waals surface area (Å²) in [4.78, 5) is 12.5. The molecule has 0 unspecified atom stereocenters. The van der Waals surface area contributed by atoms with Crippen LogP contribution in [-0.2, 0) is 5.41 Å². The number of nitrogens with one attached hydrogen (secondary N) is 2. The van der Waals surface area contributed by atoms with Crippen LogP contribution in [0.1, 0.15) is 26.5 Å². The topological polar surface area (TPSA) is 59.0 Å². The molecule has 3 aromatic rings. The van der Waals surface area contributed by atoms with Gasteiger partial charge in [0.15, 0.2) is 0 Å². The van der Waals surface area contributed by atoms with Crippen molar-refractivity contribution in [3.05, 3.63) is 70.3 Å². The highest BCUT2D eigenvalue weighted by Crippen LogP contribution is 2.29. The Bertz CT molecular complexity index is 959. The number of hydrogen-bond donors (Lipinski definition) is 2. The lowest BCUT2D eigenvalue weighted by atomic mass is 9.92. The van der Waals surface area contributed by atoms with E-state index in [9.17, 15) is 4.79 Å². The minimum Gasteiger partial charge on any atom is -0.308 e. The van der Waals surface area contributed by atoms with E-state index in [1.54, 1.807) is 35.0 Å². The van der Waals surface area contributed by atoms with Crippen molar-refractivity contribution in [1.82, 2.24) is 9.78 Å². The van der Waals surface area contributed by atoms with Gasteiger partial charge in [-0.05, 0) is 36.4 Å². The molecule has 1 aromatic heterocycles. The van der Waals surface area contributed by atoms with Gasteiger partial charge in [-0.1, -0.05) is 56.1 Å². The number of rotatable bonds is 3. The summed E-state index contributed by atoms with van der Waals surface area (Å²) in [5.41, 5.74) is 1.98. The lowest BCUT2D eigenvalue weighted by molar-refractivity contribution is 0.262. The zero-order valence-corrected chi connectivity index (χ0v) is 16.8. The highest BCUT2D eigenvalue weighted by Gasteiger charge is 2.22. The van der Waals surface area contributed by atoms with Crippen molar-refractivity contribution in [3.63, 3.8) is 0 Å². The zero-order chi connectivity index (χ0) is 19.6. The third-order valence-corrected chi connectivity index (χ3v) is 4.47. The first-order valence-electron chi connectivity index (χ1n) is 8.43. The lowest BCUT2D eigenvalue weighted by Crippen LogP contribution is -2.21. The number of nitrogens with zero attached hydrogens (tertiary/aromatic N) is 2. The van der Waals surface area contributed by atoms with Gasteiger partial charge in [-0.3, -0.25) is 5.32 Å². The number of hydrogen-bond acceptors (Lipinski definition) is 2. The van der Waals surface area contributed by atoms with Gasteiger partial charge in [0.1, 0.15) is 5.82 Å². The predicted molar refractivity (Wildman–Crippen MR) is 111 cm³/mol. The van der Waals surface area contributed by atoms with Gasteiger partial charge < -0.3 is 5.32 Å². The number of aromatic nitrogens is 2. The maximum absolute atomic E-state index is 12.5. The van der Waals surface area contributed by atoms with Crippen LogP contribution in [0.5, 0.6) is 0 Å². The first kappa shape index (κ1) is 19.3. The highest BCUT2D eigenvalue weighted by atomic mass is 35.5. The van der Waals surface area contributed by atoms with Gasteiger partial charge in [0.05, 0.1) is 16.4 Å².